The first-order valence-corrected chi connectivity index (χ1v) is 11.9. The third-order valence-electron chi connectivity index (χ3n) is 5.42. The molecule has 0 aliphatic heterocycles. The van der Waals surface area contributed by atoms with Gasteiger partial charge in [0.2, 0.25) is 5.91 Å². The van der Waals surface area contributed by atoms with Crippen LogP contribution in [0.4, 0.5) is 10.2 Å². The molecule has 0 aliphatic rings. The summed E-state index contributed by atoms with van der Waals surface area (Å²) in [5.74, 6) is -0.577. The van der Waals surface area contributed by atoms with Crippen molar-refractivity contribution in [1.29, 1.82) is 0 Å². The van der Waals surface area contributed by atoms with E-state index in [4.69, 9.17) is 0 Å². The first-order valence-electron chi connectivity index (χ1n) is 11.1. The molecule has 0 spiro atoms. The van der Waals surface area contributed by atoms with Gasteiger partial charge < -0.3 is 10.2 Å². The number of rotatable bonds is 7. The Kier molecular flexibility index (Phi) is 7.41. The van der Waals surface area contributed by atoms with Crippen molar-refractivity contribution in [1.82, 2.24) is 14.7 Å². The number of hydrogen-bond donors (Lipinski definition) is 1. The van der Waals surface area contributed by atoms with Crippen LogP contribution in [0, 0.1) is 5.82 Å². The summed E-state index contributed by atoms with van der Waals surface area (Å²) in [5.41, 5.74) is 2.60. The van der Waals surface area contributed by atoms with Crippen LogP contribution in [-0.4, -0.2) is 39.1 Å². The molecule has 2 amide bonds. The number of hydrogen-bond acceptors (Lipinski definition) is 3. The first-order chi connectivity index (χ1) is 16.8. The topological polar surface area (TPSA) is 67.2 Å². The van der Waals surface area contributed by atoms with Crippen LogP contribution in [0.15, 0.2) is 89.4 Å². The number of benzene rings is 3. The standard InChI is InChI=1S/C27H24BrFN4O2/c1-18(2)32(27(35)22-10-6-7-11-23(22)28)17-26(34)30-25-16-24(19-8-4-3-5-9-19)31-33(25)21-14-12-20(29)13-15-21/h3-16,18H,17H2,1-2H3,(H,30,34). The summed E-state index contributed by atoms with van der Waals surface area (Å²) in [6.07, 6.45) is 0. The van der Waals surface area contributed by atoms with Crippen LogP contribution in [0.5, 0.6) is 0 Å². The molecule has 0 saturated heterocycles. The van der Waals surface area contributed by atoms with Crippen LogP contribution in [0.2, 0.25) is 0 Å². The van der Waals surface area contributed by atoms with Crippen molar-refractivity contribution in [3.63, 3.8) is 0 Å². The predicted molar refractivity (Wildman–Crippen MR) is 138 cm³/mol. The molecule has 0 fully saturated rings. The average Bonchev–Trinajstić information content (AvgIpc) is 3.27. The van der Waals surface area contributed by atoms with Crippen molar-refractivity contribution in [2.75, 3.05) is 11.9 Å². The van der Waals surface area contributed by atoms with Crippen molar-refractivity contribution in [3.8, 4) is 16.9 Å². The van der Waals surface area contributed by atoms with E-state index in [9.17, 15) is 14.0 Å². The normalized spacial score (nSPS) is 10.9. The summed E-state index contributed by atoms with van der Waals surface area (Å²) >= 11 is 3.41. The van der Waals surface area contributed by atoms with E-state index in [0.29, 0.717) is 27.2 Å². The SMILES string of the molecule is CC(C)N(CC(=O)Nc1cc(-c2ccccc2)nn1-c1ccc(F)cc1)C(=O)c1ccccc1Br. The van der Waals surface area contributed by atoms with Gasteiger partial charge in [-0.15, -0.1) is 0 Å². The number of carbonyl (C=O) groups is 2. The van der Waals surface area contributed by atoms with E-state index < -0.39 is 0 Å². The van der Waals surface area contributed by atoms with E-state index in [1.54, 1.807) is 41.1 Å². The number of halogens is 2. The smallest absolute Gasteiger partial charge is 0.255 e. The highest BCUT2D eigenvalue weighted by Crippen LogP contribution is 2.25. The molecule has 4 rings (SSSR count). The molecule has 35 heavy (non-hydrogen) atoms. The van der Waals surface area contributed by atoms with E-state index in [1.807, 2.05) is 50.2 Å². The highest BCUT2D eigenvalue weighted by Gasteiger charge is 2.24. The summed E-state index contributed by atoms with van der Waals surface area (Å²) in [6.45, 7) is 3.57. The predicted octanol–water partition coefficient (Wildman–Crippen LogP) is 5.93. The van der Waals surface area contributed by atoms with E-state index >= 15 is 0 Å². The Hall–Kier alpha value is -3.78. The number of nitrogens with one attached hydrogen (secondary N) is 1. The maximum atomic E-state index is 13.5. The van der Waals surface area contributed by atoms with Gasteiger partial charge in [0.05, 0.1) is 16.9 Å². The Balaban J connectivity index is 1.62. The van der Waals surface area contributed by atoms with E-state index in [2.05, 4.69) is 26.3 Å². The Morgan fingerprint density at radius 1 is 1.00 bits per heavy atom. The first kappa shape index (κ1) is 24.3. The zero-order valence-corrected chi connectivity index (χ0v) is 20.9. The van der Waals surface area contributed by atoms with Crippen LogP contribution in [0.1, 0.15) is 24.2 Å². The summed E-state index contributed by atoms with van der Waals surface area (Å²) in [7, 11) is 0. The second-order valence-electron chi connectivity index (χ2n) is 8.22. The van der Waals surface area contributed by atoms with Gasteiger partial charge in [-0.3, -0.25) is 9.59 Å². The fourth-order valence-corrected chi connectivity index (χ4v) is 4.07. The number of carbonyl (C=O) groups excluding carboxylic acids is 2. The third kappa shape index (κ3) is 5.66. The molecule has 6 nitrogen and oxygen atoms in total. The summed E-state index contributed by atoms with van der Waals surface area (Å²) in [4.78, 5) is 27.8. The minimum absolute atomic E-state index is 0.146. The number of aromatic nitrogens is 2. The molecule has 0 unspecified atom stereocenters. The lowest BCUT2D eigenvalue weighted by Crippen LogP contribution is -2.42. The largest absolute Gasteiger partial charge is 0.327 e. The molecule has 1 N–H and O–H groups in total. The molecule has 0 atom stereocenters. The van der Waals surface area contributed by atoms with Crippen LogP contribution < -0.4 is 5.32 Å². The minimum Gasteiger partial charge on any atom is -0.327 e. The van der Waals surface area contributed by atoms with Gasteiger partial charge in [0.1, 0.15) is 18.2 Å². The Morgan fingerprint density at radius 2 is 1.66 bits per heavy atom. The van der Waals surface area contributed by atoms with Gasteiger partial charge in [0.25, 0.3) is 5.91 Å². The molecular weight excluding hydrogens is 511 g/mol. The van der Waals surface area contributed by atoms with Crippen molar-refractivity contribution < 1.29 is 14.0 Å². The summed E-state index contributed by atoms with van der Waals surface area (Å²) in [6, 6.07) is 24.1. The minimum atomic E-state index is -0.373. The van der Waals surface area contributed by atoms with Crippen LogP contribution >= 0.6 is 15.9 Å². The van der Waals surface area contributed by atoms with E-state index in [-0.39, 0.29) is 30.2 Å². The lowest BCUT2D eigenvalue weighted by molar-refractivity contribution is -0.117. The van der Waals surface area contributed by atoms with Gasteiger partial charge in [-0.25, -0.2) is 9.07 Å². The zero-order chi connectivity index (χ0) is 24.9. The van der Waals surface area contributed by atoms with Gasteiger partial charge in [0.15, 0.2) is 0 Å². The van der Waals surface area contributed by atoms with Crippen molar-refractivity contribution in [2.24, 2.45) is 0 Å². The lowest BCUT2D eigenvalue weighted by Gasteiger charge is -2.26. The Labute approximate surface area is 211 Å². The molecule has 0 radical (unpaired) electrons. The van der Waals surface area contributed by atoms with Crippen molar-refractivity contribution in [3.05, 3.63) is 101 Å². The molecule has 1 heterocycles. The average molecular weight is 535 g/mol. The molecule has 1 aromatic heterocycles. The summed E-state index contributed by atoms with van der Waals surface area (Å²) < 4.78 is 15.7. The van der Waals surface area contributed by atoms with Gasteiger partial charge in [-0.1, -0.05) is 42.5 Å². The molecule has 0 aliphatic carbocycles. The maximum Gasteiger partial charge on any atom is 0.255 e. The lowest BCUT2D eigenvalue weighted by atomic mass is 10.1. The second kappa shape index (κ2) is 10.7. The van der Waals surface area contributed by atoms with Crippen molar-refractivity contribution in [2.45, 2.75) is 19.9 Å². The van der Waals surface area contributed by atoms with E-state index in [0.717, 1.165) is 5.56 Å². The fourth-order valence-electron chi connectivity index (χ4n) is 3.61. The van der Waals surface area contributed by atoms with E-state index in [1.165, 1.54) is 17.0 Å². The summed E-state index contributed by atoms with van der Waals surface area (Å²) in [5, 5.41) is 7.52. The third-order valence-corrected chi connectivity index (χ3v) is 6.11. The molecule has 0 saturated carbocycles. The molecule has 4 aromatic rings. The number of nitrogens with zero attached hydrogens (tertiary/aromatic N) is 3. The highest BCUT2D eigenvalue weighted by molar-refractivity contribution is 9.10. The van der Waals surface area contributed by atoms with Crippen LogP contribution in [0.25, 0.3) is 16.9 Å². The quantitative estimate of drug-likeness (QED) is 0.319. The zero-order valence-electron chi connectivity index (χ0n) is 19.3. The molecule has 0 bridgehead atoms. The van der Waals surface area contributed by atoms with Gasteiger partial charge in [-0.05, 0) is 66.2 Å². The Bertz CT molecular complexity index is 1340. The van der Waals surface area contributed by atoms with Crippen LogP contribution in [-0.2, 0) is 4.79 Å². The molecule has 3 aromatic carbocycles. The van der Waals surface area contributed by atoms with Gasteiger partial charge in [0, 0.05) is 22.1 Å². The fraction of sp³-hybridized carbons (Fsp3) is 0.148. The number of amides is 2. The molecular formula is C27H24BrFN4O2. The second-order valence-corrected chi connectivity index (χ2v) is 9.08. The highest BCUT2D eigenvalue weighted by atomic mass is 79.9. The van der Waals surface area contributed by atoms with Crippen molar-refractivity contribution >= 4 is 33.6 Å². The monoisotopic (exact) mass is 534 g/mol. The molecule has 8 heteroatoms. The van der Waals surface area contributed by atoms with Crippen LogP contribution in [0.3, 0.4) is 0 Å². The van der Waals surface area contributed by atoms with Gasteiger partial charge >= 0.3 is 0 Å². The maximum absolute atomic E-state index is 13.5. The molecule has 178 valence electrons. The Morgan fingerprint density at radius 3 is 2.31 bits per heavy atom. The number of anilines is 1. The van der Waals surface area contributed by atoms with Gasteiger partial charge in [-0.2, -0.15) is 5.10 Å².